The van der Waals surface area contributed by atoms with Gasteiger partial charge >= 0.3 is 5.69 Å². The van der Waals surface area contributed by atoms with Crippen LogP contribution in [0.5, 0.6) is 17.2 Å². The molecule has 8 heteroatoms. The van der Waals surface area contributed by atoms with Crippen molar-refractivity contribution in [2.75, 3.05) is 20.8 Å². The van der Waals surface area contributed by atoms with Crippen molar-refractivity contribution in [3.05, 3.63) is 51.4 Å². The first-order chi connectivity index (χ1) is 12.9. The molecule has 0 spiro atoms. The van der Waals surface area contributed by atoms with Crippen molar-refractivity contribution < 1.29 is 19.0 Å². The molecule has 0 aliphatic heterocycles. The minimum absolute atomic E-state index is 0.194. The first-order valence-electron chi connectivity index (χ1n) is 8.11. The molecule has 0 atom stereocenters. The number of Topliss-reactive ketones (excluding diaryl/α,β-unsaturated/α-hetero) is 1. The average molecular weight is 391 g/mol. The van der Waals surface area contributed by atoms with Gasteiger partial charge in [-0.3, -0.25) is 13.9 Å². The van der Waals surface area contributed by atoms with Gasteiger partial charge in [0.25, 0.3) is 0 Å². The summed E-state index contributed by atoms with van der Waals surface area (Å²) in [4.78, 5) is 24.8. The van der Waals surface area contributed by atoms with E-state index in [4.69, 9.17) is 25.8 Å². The SMILES string of the molecule is COc1cccc(OC)c1OCC(=O)c1cc2c(cc1Cl)n(C)c(=O)n2C. The lowest BCUT2D eigenvalue weighted by atomic mass is 10.1. The minimum Gasteiger partial charge on any atom is -0.493 e. The Hall–Kier alpha value is -2.93. The number of methoxy groups -OCH3 is 2. The largest absolute Gasteiger partial charge is 0.493 e. The molecule has 0 saturated carbocycles. The van der Waals surface area contributed by atoms with Gasteiger partial charge in [0.2, 0.25) is 11.5 Å². The zero-order chi connectivity index (χ0) is 19.7. The highest BCUT2D eigenvalue weighted by molar-refractivity contribution is 6.34. The minimum atomic E-state index is -0.328. The molecule has 1 heterocycles. The van der Waals surface area contributed by atoms with Gasteiger partial charge in [0.1, 0.15) is 0 Å². The molecule has 142 valence electrons. The molecule has 0 fully saturated rings. The fourth-order valence-corrected chi connectivity index (χ4v) is 3.17. The van der Waals surface area contributed by atoms with Gasteiger partial charge in [-0.15, -0.1) is 0 Å². The van der Waals surface area contributed by atoms with Gasteiger partial charge in [0.05, 0.1) is 30.3 Å². The average Bonchev–Trinajstić information content (AvgIpc) is 2.88. The van der Waals surface area contributed by atoms with Crippen LogP contribution in [0.15, 0.2) is 35.1 Å². The number of para-hydroxylation sites is 1. The Kier molecular flexibility index (Phi) is 5.14. The van der Waals surface area contributed by atoms with Crippen LogP contribution in [0.25, 0.3) is 11.0 Å². The van der Waals surface area contributed by atoms with Gasteiger partial charge in [0.15, 0.2) is 18.1 Å². The summed E-state index contributed by atoms with van der Waals surface area (Å²) in [6, 6.07) is 8.38. The summed E-state index contributed by atoms with van der Waals surface area (Å²) >= 11 is 6.28. The molecule has 0 aliphatic carbocycles. The molecule has 3 rings (SSSR count). The van der Waals surface area contributed by atoms with Crippen molar-refractivity contribution >= 4 is 28.4 Å². The Morgan fingerprint density at radius 2 is 1.59 bits per heavy atom. The van der Waals surface area contributed by atoms with Crippen LogP contribution in [0.1, 0.15) is 10.4 Å². The maximum Gasteiger partial charge on any atom is 0.328 e. The second kappa shape index (κ2) is 7.36. The number of halogens is 1. The zero-order valence-corrected chi connectivity index (χ0v) is 16.2. The molecular formula is C19H19ClN2O5. The second-order valence-corrected chi connectivity index (χ2v) is 6.33. The van der Waals surface area contributed by atoms with E-state index in [0.717, 1.165) is 0 Å². The second-order valence-electron chi connectivity index (χ2n) is 5.92. The van der Waals surface area contributed by atoms with Crippen molar-refractivity contribution in [3.8, 4) is 17.2 Å². The summed E-state index contributed by atoms with van der Waals surface area (Å²) in [6.07, 6.45) is 0. The predicted molar refractivity (Wildman–Crippen MR) is 103 cm³/mol. The molecule has 27 heavy (non-hydrogen) atoms. The molecule has 0 saturated heterocycles. The van der Waals surface area contributed by atoms with E-state index in [-0.39, 0.29) is 28.7 Å². The molecule has 7 nitrogen and oxygen atoms in total. The molecule has 0 amide bonds. The van der Waals surface area contributed by atoms with Gasteiger partial charge < -0.3 is 14.2 Å². The zero-order valence-electron chi connectivity index (χ0n) is 15.4. The predicted octanol–water partition coefficient (Wildman–Crippen LogP) is 2.81. The number of carbonyl (C=O) groups excluding carboxylic acids is 1. The number of carbonyl (C=O) groups is 1. The Labute approximate surface area is 160 Å². The van der Waals surface area contributed by atoms with Crippen molar-refractivity contribution in [1.82, 2.24) is 9.13 Å². The summed E-state index contributed by atoms with van der Waals surface area (Å²) in [7, 11) is 6.30. The maximum absolute atomic E-state index is 12.7. The number of hydrogen-bond donors (Lipinski definition) is 0. The number of ketones is 1. The van der Waals surface area contributed by atoms with Crippen LogP contribution < -0.4 is 19.9 Å². The van der Waals surface area contributed by atoms with Crippen LogP contribution in [0.3, 0.4) is 0 Å². The van der Waals surface area contributed by atoms with E-state index >= 15 is 0 Å². The number of rotatable bonds is 6. The first-order valence-corrected chi connectivity index (χ1v) is 8.48. The lowest BCUT2D eigenvalue weighted by Crippen LogP contribution is -2.19. The van der Waals surface area contributed by atoms with Crippen LogP contribution in [-0.4, -0.2) is 35.7 Å². The van der Waals surface area contributed by atoms with Gasteiger partial charge in [-0.2, -0.15) is 0 Å². The summed E-state index contributed by atoms with van der Waals surface area (Å²) in [6.45, 7) is -0.261. The molecule has 0 N–H and O–H groups in total. The molecular weight excluding hydrogens is 372 g/mol. The smallest absolute Gasteiger partial charge is 0.328 e. The Morgan fingerprint density at radius 1 is 1.04 bits per heavy atom. The van der Waals surface area contributed by atoms with Crippen LogP contribution in [0, 0.1) is 0 Å². The van der Waals surface area contributed by atoms with Gasteiger partial charge in [-0.05, 0) is 24.3 Å². The first kappa shape index (κ1) is 18.8. The van der Waals surface area contributed by atoms with Gasteiger partial charge in [0, 0.05) is 19.7 Å². The van der Waals surface area contributed by atoms with E-state index in [2.05, 4.69) is 0 Å². The monoisotopic (exact) mass is 390 g/mol. The number of benzene rings is 2. The third-order valence-electron chi connectivity index (χ3n) is 4.39. The molecule has 0 aliphatic rings. The highest BCUT2D eigenvalue weighted by atomic mass is 35.5. The summed E-state index contributed by atoms with van der Waals surface area (Å²) in [5, 5.41) is 0.254. The highest BCUT2D eigenvalue weighted by Gasteiger charge is 2.19. The molecule has 3 aromatic rings. The lowest BCUT2D eigenvalue weighted by Gasteiger charge is -2.14. The molecule has 1 aromatic heterocycles. The number of nitrogens with zero attached hydrogens (tertiary/aromatic N) is 2. The van der Waals surface area contributed by atoms with E-state index in [9.17, 15) is 9.59 Å². The topological polar surface area (TPSA) is 71.7 Å². The van der Waals surface area contributed by atoms with Crippen LogP contribution in [0.4, 0.5) is 0 Å². The van der Waals surface area contributed by atoms with Crippen molar-refractivity contribution in [2.24, 2.45) is 14.1 Å². The number of hydrogen-bond acceptors (Lipinski definition) is 5. The summed E-state index contributed by atoms with van der Waals surface area (Å²) in [5.41, 5.74) is 1.35. The fourth-order valence-electron chi connectivity index (χ4n) is 2.91. The summed E-state index contributed by atoms with van der Waals surface area (Å²) < 4.78 is 19.1. The number of imidazole rings is 1. The third-order valence-corrected chi connectivity index (χ3v) is 4.70. The van der Waals surface area contributed by atoms with Crippen molar-refractivity contribution in [2.45, 2.75) is 0 Å². The fraction of sp³-hybridized carbons (Fsp3) is 0.263. The van der Waals surface area contributed by atoms with Crippen LogP contribution in [-0.2, 0) is 14.1 Å². The summed E-state index contributed by atoms with van der Waals surface area (Å²) in [5.74, 6) is 0.912. The lowest BCUT2D eigenvalue weighted by molar-refractivity contribution is 0.0917. The number of aromatic nitrogens is 2. The van der Waals surface area contributed by atoms with Gasteiger partial charge in [-0.25, -0.2) is 4.79 Å². The third kappa shape index (κ3) is 3.26. The molecule has 0 radical (unpaired) electrons. The highest BCUT2D eigenvalue weighted by Crippen LogP contribution is 2.37. The molecule has 2 aromatic carbocycles. The van der Waals surface area contributed by atoms with Crippen LogP contribution >= 0.6 is 11.6 Å². The maximum atomic E-state index is 12.7. The Bertz CT molecular complexity index is 1060. The van der Waals surface area contributed by atoms with E-state index in [1.807, 2.05) is 0 Å². The molecule has 0 bridgehead atoms. The van der Waals surface area contributed by atoms with E-state index in [1.165, 1.54) is 23.4 Å². The normalized spacial score (nSPS) is 10.9. The Balaban J connectivity index is 1.93. The van der Waals surface area contributed by atoms with E-state index in [1.54, 1.807) is 44.4 Å². The number of aryl methyl sites for hydroxylation is 2. The number of fused-ring (bicyclic) bond motifs is 1. The number of ether oxygens (including phenoxy) is 3. The van der Waals surface area contributed by atoms with E-state index in [0.29, 0.717) is 28.3 Å². The standard InChI is InChI=1S/C19H19ClN2O5/c1-21-13-8-11(12(20)9-14(13)22(2)19(21)24)15(23)10-27-18-16(25-3)6-5-7-17(18)26-4/h5-9H,10H2,1-4H3. The quantitative estimate of drug-likeness (QED) is 0.605. The van der Waals surface area contributed by atoms with Crippen molar-refractivity contribution in [3.63, 3.8) is 0 Å². The van der Waals surface area contributed by atoms with E-state index < -0.39 is 0 Å². The molecule has 0 unspecified atom stereocenters. The Morgan fingerprint density at radius 3 is 2.15 bits per heavy atom. The van der Waals surface area contributed by atoms with Gasteiger partial charge in [-0.1, -0.05) is 17.7 Å². The van der Waals surface area contributed by atoms with Crippen molar-refractivity contribution in [1.29, 1.82) is 0 Å². The van der Waals surface area contributed by atoms with Crippen LogP contribution in [0.2, 0.25) is 5.02 Å².